The first-order valence-electron chi connectivity index (χ1n) is 8.25. The smallest absolute Gasteiger partial charge is 0.241 e. The molecule has 1 aromatic rings. The van der Waals surface area contributed by atoms with Crippen LogP contribution in [-0.2, 0) is 9.53 Å². The first kappa shape index (κ1) is 16.7. The van der Waals surface area contributed by atoms with Gasteiger partial charge in [-0.3, -0.25) is 4.79 Å². The minimum Gasteiger partial charge on any atom is -0.377 e. The number of hydrogen-bond donors (Lipinski definition) is 2. The fourth-order valence-electron chi connectivity index (χ4n) is 4.21. The van der Waals surface area contributed by atoms with Crippen molar-refractivity contribution in [2.24, 2.45) is 17.1 Å². The molecule has 5 heteroatoms. The number of hydrogen-bond acceptors (Lipinski definition) is 3. The maximum absolute atomic E-state index is 13.0. The van der Waals surface area contributed by atoms with Gasteiger partial charge in [-0.2, -0.15) is 0 Å². The van der Waals surface area contributed by atoms with E-state index in [1.54, 1.807) is 0 Å². The molecule has 23 heavy (non-hydrogen) atoms. The summed E-state index contributed by atoms with van der Waals surface area (Å²) in [6.45, 7) is 6.78. The van der Waals surface area contributed by atoms with Crippen LogP contribution in [0.15, 0.2) is 24.3 Å². The molecule has 0 aromatic heterocycles. The molecule has 2 fully saturated rings. The minimum absolute atomic E-state index is 0.0773. The van der Waals surface area contributed by atoms with Crippen molar-refractivity contribution in [3.63, 3.8) is 0 Å². The van der Waals surface area contributed by atoms with Gasteiger partial charge >= 0.3 is 0 Å². The number of nitrogens with one attached hydrogen (secondary N) is 1. The third-order valence-corrected chi connectivity index (χ3v) is 5.99. The van der Waals surface area contributed by atoms with E-state index in [1.165, 1.54) is 0 Å². The standard InChI is InChI=1S/C18H25ClN2O2/c1-11(12-6-4-7-13(19)10-12)21-16(22)18(20)14-8-5-9-23-15(14)17(18,2)3/h4,6-7,10-11,14-15H,5,8-9,20H2,1-3H3,(H,21,22)/t11-,14?,15?,18?/m1/s1. The van der Waals surface area contributed by atoms with E-state index in [-0.39, 0.29) is 29.4 Å². The average Bonchev–Trinajstić information content (AvgIpc) is 2.53. The maximum Gasteiger partial charge on any atom is 0.241 e. The topological polar surface area (TPSA) is 64.4 Å². The van der Waals surface area contributed by atoms with Crippen molar-refractivity contribution in [1.29, 1.82) is 0 Å². The van der Waals surface area contributed by atoms with Crippen LogP contribution in [0.2, 0.25) is 5.02 Å². The monoisotopic (exact) mass is 336 g/mol. The Labute approximate surface area is 142 Å². The highest BCUT2D eigenvalue weighted by molar-refractivity contribution is 6.30. The fourth-order valence-corrected chi connectivity index (χ4v) is 4.41. The lowest BCUT2D eigenvalue weighted by atomic mass is 9.46. The molecule has 1 aromatic carbocycles. The SMILES string of the molecule is C[C@@H](NC(=O)C1(N)C2CCCOC2C1(C)C)c1cccc(Cl)c1. The van der Waals surface area contributed by atoms with Gasteiger partial charge in [0.2, 0.25) is 5.91 Å². The second-order valence-corrected chi connectivity index (χ2v) is 7.82. The zero-order chi connectivity index (χ0) is 16.8. The minimum atomic E-state index is -0.884. The van der Waals surface area contributed by atoms with Crippen LogP contribution in [0, 0.1) is 11.3 Å². The van der Waals surface area contributed by atoms with Gasteiger partial charge in [0.15, 0.2) is 0 Å². The highest BCUT2D eigenvalue weighted by Gasteiger charge is 2.70. The zero-order valence-electron chi connectivity index (χ0n) is 13.9. The molecule has 1 saturated carbocycles. The number of fused-ring (bicyclic) bond motifs is 1. The Balaban J connectivity index is 1.77. The summed E-state index contributed by atoms with van der Waals surface area (Å²) >= 11 is 6.04. The Morgan fingerprint density at radius 2 is 2.22 bits per heavy atom. The van der Waals surface area contributed by atoms with Gasteiger partial charge in [-0.1, -0.05) is 37.6 Å². The van der Waals surface area contributed by atoms with E-state index in [0.29, 0.717) is 5.02 Å². The molecule has 4 atom stereocenters. The molecule has 0 spiro atoms. The summed E-state index contributed by atoms with van der Waals surface area (Å²) in [6, 6.07) is 7.40. The summed E-state index contributed by atoms with van der Waals surface area (Å²) in [7, 11) is 0. The summed E-state index contributed by atoms with van der Waals surface area (Å²) in [5, 5.41) is 3.74. The molecule has 3 N–H and O–H groups in total. The number of carbonyl (C=O) groups is 1. The summed E-state index contributed by atoms with van der Waals surface area (Å²) < 4.78 is 5.87. The van der Waals surface area contributed by atoms with Crippen LogP contribution in [-0.4, -0.2) is 24.2 Å². The largest absolute Gasteiger partial charge is 0.377 e. The molecular weight excluding hydrogens is 312 g/mol. The highest BCUT2D eigenvalue weighted by atomic mass is 35.5. The van der Waals surface area contributed by atoms with E-state index in [4.69, 9.17) is 22.1 Å². The van der Waals surface area contributed by atoms with E-state index >= 15 is 0 Å². The van der Waals surface area contributed by atoms with Crippen LogP contribution >= 0.6 is 11.6 Å². The molecule has 1 saturated heterocycles. The number of nitrogens with two attached hydrogens (primary N) is 1. The summed E-state index contributed by atoms with van der Waals surface area (Å²) in [5.74, 6) is -0.000429. The number of benzene rings is 1. The predicted molar refractivity (Wildman–Crippen MR) is 91.2 cm³/mol. The summed E-state index contributed by atoms with van der Waals surface area (Å²) in [5.41, 5.74) is 6.34. The van der Waals surface area contributed by atoms with E-state index in [2.05, 4.69) is 5.32 Å². The van der Waals surface area contributed by atoms with E-state index in [1.807, 2.05) is 45.0 Å². The first-order valence-corrected chi connectivity index (χ1v) is 8.63. The van der Waals surface area contributed by atoms with Crippen molar-refractivity contribution in [2.75, 3.05) is 6.61 Å². The lowest BCUT2D eigenvalue weighted by Crippen LogP contribution is -2.82. The van der Waals surface area contributed by atoms with Gasteiger partial charge in [0, 0.05) is 23.0 Å². The summed E-state index contributed by atoms with van der Waals surface area (Å²) in [4.78, 5) is 13.0. The third kappa shape index (κ3) is 2.48. The Morgan fingerprint density at radius 3 is 2.91 bits per heavy atom. The van der Waals surface area contributed by atoms with Crippen LogP contribution in [0.25, 0.3) is 0 Å². The van der Waals surface area contributed by atoms with Crippen LogP contribution in [0.1, 0.15) is 45.2 Å². The molecule has 1 amide bonds. The molecule has 1 aliphatic heterocycles. The van der Waals surface area contributed by atoms with Crippen LogP contribution < -0.4 is 11.1 Å². The van der Waals surface area contributed by atoms with E-state index in [0.717, 1.165) is 25.0 Å². The van der Waals surface area contributed by atoms with Crippen molar-refractivity contribution in [2.45, 2.75) is 51.3 Å². The molecule has 0 radical (unpaired) electrons. The number of ether oxygens (including phenoxy) is 1. The van der Waals surface area contributed by atoms with Crippen molar-refractivity contribution in [3.05, 3.63) is 34.9 Å². The summed E-state index contributed by atoms with van der Waals surface area (Å²) in [6.07, 6.45) is 1.99. The molecule has 1 heterocycles. The molecule has 3 unspecified atom stereocenters. The van der Waals surface area contributed by atoms with Gasteiger partial charge in [0.05, 0.1) is 12.1 Å². The molecule has 4 nitrogen and oxygen atoms in total. The maximum atomic E-state index is 13.0. The van der Waals surface area contributed by atoms with Crippen molar-refractivity contribution >= 4 is 17.5 Å². The van der Waals surface area contributed by atoms with Gasteiger partial charge in [0.1, 0.15) is 5.54 Å². The third-order valence-electron chi connectivity index (χ3n) is 5.76. The zero-order valence-corrected chi connectivity index (χ0v) is 14.7. The van der Waals surface area contributed by atoms with Crippen LogP contribution in [0.3, 0.4) is 0 Å². The lowest BCUT2D eigenvalue weighted by molar-refractivity contribution is -0.225. The highest BCUT2D eigenvalue weighted by Crippen LogP contribution is 2.57. The van der Waals surface area contributed by atoms with Crippen molar-refractivity contribution < 1.29 is 9.53 Å². The number of carbonyl (C=O) groups excluding carboxylic acids is 1. The second-order valence-electron chi connectivity index (χ2n) is 7.38. The van der Waals surface area contributed by atoms with E-state index < -0.39 is 5.54 Å². The lowest BCUT2D eigenvalue weighted by Gasteiger charge is -2.65. The molecule has 2 aliphatic rings. The van der Waals surface area contributed by atoms with Crippen LogP contribution in [0.4, 0.5) is 0 Å². The Kier molecular flexibility index (Phi) is 4.20. The van der Waals surface area contributed by atoms with E-state index in [9.17, 15) is 4.79 Å². The normalized spacial score (nSPS) is 33.3. The average molecular weight is 337 g/mol. The Hall–Kier alpha value is -1.10. The Bertz CT molecular complexity index is 619. The number of rotatable bonds is 3. The second kappa shape index (κ2) is 5.76. The molecule has 126 valence electrons. The van der Waals surface area contributed by atoms with Gasteiger partial charge in [-0.05, 0) is 37.5 Å². The van der Waals surface area contributed by atoms with Gasteiger partial charge in [-0.25, -0.2) is 0 Å². The van der Waals surface area contributed by atoms with Gasteiger partial charge in [-0.15, -0.1) is 0 Å². The number of amides is 1. The first-order chi connectivity index (χ1) is 10.8. The number of halogens is 1. The Morgan fingerprint density at radius 1 is 1.48 bits per heavy atom. The molecule has 1 aliphatic carbocycles. The van der Waals surface area contributed by atoms with Crippen molar-refractivity contribution in [1.82, 2.24) is 5.32 Å². The fraction of sp³-hybridized carbons (Fsp3) is 0.611. The van der Waals surface area contributed by atoms with Gasteiger partial charge < -0.3 is 15.8 Å². The quantitative estimate of drug-likeness (QED) is 0.891. The molecule has 3 rings (SSSR count). The van der Waals surface area contributed by atoms with Crippen LogP contribution in [0.5, 0.6) is 0 Å². The molecule has 0 bridgehead atoms. The van der Waals surface area contributed by atoms with Gasteiger partial charge in [0.25, 0.3) is 0 Å². The van der Waals surface area contributed by atoms with Crippen molar-refractivity contribution in [3.8, 4) is 0 Å². The molecular formula is C18H25ClN2O2. The predicted octanol–water partition coefficient (Wildman–Crippen LogP) is 3.05.